The van der Waals surface area contributed by atoms with Crippen molar-refractivity contribution in [3.63, 3.8) is 0 Å². The normalized spacial score (nSPS) is 18.9. The molecule has 0 aromatic heterocycles. The molecular weight excluding hydrogens is 236 g/mol. The summed E-state index contributed by atoms with van der Waals surface area (Å²) in [6, 6.07) is 3.32. The van der Waals surface area contributed by atoms with Crippen LogP contribution in [0, 0.1) is 0 Å². The molecule has 0 spiro atoms. The number of rotatable bonds is 2. The summed E-state index contributed by atoms with van der Waals surface area (Å²) in [5.74, 6) is -0.992. The molecule has 1 atom stereocenters. The highest BCUT2D eigenvalue weighted by atomic mass is 35.5. The van der Waals surface area contributed by atoms with Crippen molar-refractivity contribution < 1.29 is 14.6 Å². The second-order valence-electron chi connectivity index (χ2n) is 3.20. The Morgan fingerprint density at radius 2 is 2.40 bits per heavy atom. The SMILES string of the molecule is COC1Cc2c(ccc(C(=O)O)c2Cl)S1. The van der Waals surface area contributed by atoms with Crippen LogP contribution in [-0.4, -0.2) is 23.6 Å². The number of aromatic carboxylic acids is 1. The molecule has 3 nitrogen and oxygen atoms in total. The van der Waals surface area contributed by atoms with E-state index in [0.29, 0.717) is 11.4 Å². The van der Waals surface area contributed by atoms with Gasteiger partial charge in [0.25, 0.3) is 0 Å². The molecule has 1 aliphatic heterocycles. The highest BCUT2D eigenvalue weighted by Gasteiger charge is 2.26. The zero-order valence-electron chi connectivity index (χ0n) is 7.99. The average Bonchev–Trinajstić information content (AvgIpc) is 2.61. The van der Waals surface area contributed by atoms with E-state index in [1.165, 1.54) is 6.07 Å². The molecule has 2 rings (SSSR count). The Bertz CT molecular complexity index is 419. The van der Waals surface area contributed by atoms with Gasteiger partial charge in [0, 0.05) is 18.4 Å². The lowest BCUT2D eigenvalue weighted by Crippen LogP contribution is -2.04. The van der Waals surface area contributed by atoms with Crippen LogP contribution in [0.15, 0.2) is 17.0 Å². The van der Waals surface area contributed by atoms with Crippen molar-refractivity contribution >= 4 is 29.3 Å². The predicted octanol–water partition coefficient (Wildman–Crippen LogP) is 2.66. The van der Waals surface area contributed by atoms with Gasteiger partial charge in [-0.25, -0.2) is 4.79 Å². The van der Waals surface area contributed by atoms with E-state index >= 15 is 0 Å². The van der Waals surface area contributed by atoms with E-state index in [2.05, 4.69) is 0 Å². The Hall–Kier alpha value is -0.710. The van der Waals surface area contributed by atoms with Gasteiger partial charge in [0.1, 0.15) is 5.44 Å². The highest BCUT2D eigenvalue weighted by molar-refractivity contribution is 8.00. The van der Waals surface area contributed by atoms with Crippen molar-refractivity contribution in [2.75, 3.05) is 7.11 Å². The van der Waals surface area contributed by atoms with E-state index in [-0.39, 0.29) is 11.0 Å². The molecule has 0 saturated carbocycles. The number of ether oxygens (including phenoxy) is 1. The van der Waals surface area contributed by atoms with Crippen molar-refractivity contribution in [2.45, 2.75) is 16.8 Å². The number of carboxylic acid groups (broad SMARTS) is 1. The number of thioether (sulfide) groups is 1. The fourth-order valence-corrected chi connectivity index (χ4v) is 3.03. The Morgan fingerprint density at radius 1 is 1.67 bits per heavy atom. The minimum atomic E-state index is -0.992. The van der Waals surface area contributed by atoms with Crippen LogP contribution in [0.25, 0.3) is 0 Å². The summed E-state index contributed by atoms with van der Waals surface area (Å²) in [7, 11) is 1.63. The van der Waals surface area contributed by atoms with Gasteiger partial charge < -0.3 is 9.84 Å². The van der Waals surface area contributed by atoms with Gasteiger partial charge in [-0.15, -0.1) is 0 Å². The first-order valence-corrected chi connectivity index (χ1v) is 5.63. The summed E-state index contributed by atoms with van der Waals surface area (Å²) in [6.45, 7) is 0. The molecule has 0 bridgehead atoms. The van der Waals surface area contributed by atoms with Crippen LogP contribution in [0.3, 0.4) is 0 Å². The third-order valence-corrected chi connectivity index (χ3v) is 4.01. The minimum Gasteiger partial charge on any atom is -0.478 e. The van der Waals surface area contributed by atoms with Gasteiger partial charge >= 0.3 is 5.97 Å². The monoisotopic (exact) mass is 244 g/mol. The number of halogens is 1. The van der Waals surface area contributed by atoms with E-state index in [4.69, 9.17) is 21.4 Å². The maximum absolute atomic E-state index is 10.9. The van der Waals surface area contributed by atoms with Crippen molar-refractivity contribution in [2.24, 2.45) is 0 Å². The third kappa shape index (κ3) is 1.85. The molecule has 1 aromatic carbocycles. The maximum Gasteiger partial charge on any atom is 0.337 e. The fraction of sp³-hybridized carbons (Fsp3) is 0.300. The predicted molar refractivity (Wildman–Crippen MR) is 58.8 cm³/mol. The molecule has 0 fully saturated rings. The number of fused-ring (bicyclic) bond motifs is 1. The number of hydrogen-bond acceptors (Lipinski definition) is 3. The summed E-state index contributed by atoms with van der Waals surface area (Å²) >= 11 is 7.59. The third-order valence-electron chi connectivity index (χ3n) is 2.32. The Balaban J connectivity index is 2.44. The van der Waals surface area contributed by atoms with Gasteiger partial charge in [-0.1, -0.05) is 23.4 Å². The Morgan fingerprint density at radius 3 is 3.00 bits per heavy atom. The fourth-order valence-electron chi connectivity index (χ4n) is 1.55. The lowest BCUT2D eigenvalue weighted by molar-refractivity contribution is 0.0697. The molecule has 1 unspecified atom stereocenters. The van der Waals surface area contributed by atoms with E-state index in [9.17, 15) is 4.79 Å². The maximum atomic E-state index is 10.9. The van der Waals surface area contributed by atoms with Crippen LogP contribution in [0.2, 0.25) is 5.02 Å². The molecular formula is C10H9ClO3S. The number of carboxylic acids is 1. The van der Waals surface area contributed by atoms with Crippen LogP contribution in [0.5, 0.6) is 0 Å². The van der Waals surface area contributed by atoms with Crippen LogP contribution in [0.4, 0.5) is 0 Å². The van der Waals surface area contributed by atoms with Crippen molar-refractivity contribution in [1.29, 1.82) is 0 Å². The lowest BCUT2D eigenvalue weighted by Gasteiger charge is -2.04. The summed E-state index contributed by atoms with van der Waals surface area (Å²) in [4.78, 5) is 11.9. The number of methoxy groups -OCH3 is 1. The summed E-state index contributed by atoms with van der Waals surface area (Å²) < 4.78 is 5.21. The molecule has 1 N–H and O–H groups in total. The molecule has 80 valence electrons. The zero-order chi connectivity index (χ0) is 11.0. The van der Waals surface area contributed by atoms with Crippen molar-refractivity contribution in [1.82, 2.24) is 0 Å². The van der Waals surface area contributed by atoms with Gasteiger partial charge in [0.15, 0.2) is 0 Å². The van der Waals surface area contributed by atoms with Gasteiger partial charge in [0.2, 0.25) is 0 Å². The van der Waals surface area contributed by atoms with Crippen LogP contribution in [0.1, 0.15) is 15.9 Å². The first kappa shape index (κ1) is 10.8. The topological polar surface area (TPSA) is 46.5 Å². The van der Waals surface area contributed by atoms with Gasteiger partial charge in [-0.3, -0.25) is 0 Å². The summed E-state index contributed by atoms with van der Waals surface area (Å²) in [5, 5.41) is 9.24. The largest absolute Gasteiger partial charge is 0.478 e. The molecule has 0 saturated heterocycles. The van der Waals surface area contributed by atoms with E-state index in [1.54, 1.807) is 24.9 Å². The van der Waals surface area contributed by atoms with Crippen molar-refractivity contribution in [3.8, 4) is 0 Å². The molecule has 1 aromatic rings. The first-order valence-electron chi connectivity index (χ1n) is 4.37. The zero-order valence-corrected chi connectivity index (χ0v) is 9.56. The second-order valence-corrected chi connectivity index (χ2v) is 4.78. The molecule has 15 heavy (non-hydrogen) atoms. The van der Waals surface area contributed by atoms with Crippen LogP contribution in [-0.2, 0) is 11.2 Å². The quantitative estimate of drug-likeness (QED) is 0.869. The van der Waals surface area contributed by atoms with E-state index in [1.807, 2.05) is 0 Å². The number of carbonyl (C=O) groups is 1. The molecule has 0 aliphatic carbocycles. The van der Waals surface area contributed by atoms with Gasteiger partial charge in [0.05, 0.1) is 10.6 Å². The lowest BCUT2D eigenvalue weighted by atomic mass is 10.1. The Kier molecular flexibility index (Phi) is 2.91. The van der Waals surface area contributed by atoms with Crippen molar-refractivity contribution in [3.05, 3.63) is 28.3 Å². The second kappa shape index (κ2) is 4.04. The molecule has 0 radical (unpaired) electrons. The smallest absolute Gasteiger partial charge is 0.337 e. The number of benzene rings is 1. The van der Waals surface area contributed by atoms with E-state index in [0.717, 1.165) is 10.5 Å². The van der Waals surface area contributed by atoms with Crippen LogP contribution >= 0.6 is 23.4 Å². The molecule has 5 heteroatoms. The number of hydrogen-bond donors (Lipinski definition) is 1. The van der Waals surface area contributed by atoms with Crippen LogP contribution < -0.4 is 0 Å². The molecule has 1 aliphatic rings. The van der Waals surface area contributed by atoms with E-state index < -0.39 is 5.97 Å². The summed E-state index contributed by atoms with van der Waals surface area (Å²) in [6.07, 6.45) is 0.663. The molecule has 1 heterocycles. The van der Waals surface area contributed by atoms with Gasteiger partial charge in [-0.2, -0.15) is 0 Å². The minimum absolute atomic E-state index is 0.0431. The standard InChI is InChI=1S/C10H9ClO3S/c1-14-8-4-6-7(15-8)3-2-5(9(6)11)10(12)13/h2-3,8H,4H2,1H3,(H,12,13). The highest BCUT2D eigenvalue weighted by Crippen LogP contribution is 2.41. The average molecular weight is 245 g/mol. The summed E-state index contributed by atoms with van der Waals surface area (Å²) in [5.41, 5.74) is 1.09. The first-order chi connectivity index (χ1) is 7.13. The molecule has 0 amide bonds. The Labute approximate surface area is 96.4 Å². The van der Waals surface area contributed by atoms with Gasteiger partial charge in [-0.05, 0) is 17.7 Å².